The monoisotopic (exact) mass is 353 g/mol. The molecule has 2 N–H and O–H groups in total. The van der Waals surface area contributed by atoms with E-state index in [4.69, 9.17) is 0 Å². The van der Waals surface area contributed by atoms with Crippen molar-refractivity contribution >= 4 is 34.0 Å². The second-order valence-electron chi connectivity index (χ2n) is 6.42. The number of fused-ring (bicyclic) bond motifs is 2. The molecule has 130 valence electrons. The Morgan fingerprint density at radius 3 is 2.85 bits per heavy atom. The van der Waals surface area contributed by atoms with Crippen molar-refractivity contribution < 1.29 is 4.79 Å². The van der Waals surface area contributed by atoms with Crippen molar-refractivity contribution in [2.24, 2.45) is 0 Å². The van der Waals surface area contributed by atoms with Crippen molar-refractivity contribution in [3.05, 3.63) is 72.8 Å². The first kappa shape index (κ1) is 15.5. The fraction of sp³-hybridized carbons (Fsp3) is 0.0476. The minimum absolute atomic E-state index is 0.0238. The van der Waals surface area contributed by atoms with E-state index in [1.807, 2.05) is 48.7 Å². The minimum atomic E-state index is 0.0238. The first-order chi connectivity index (χ1) is 13.3. The number of hydrogen-bond acceptors (Lipinski definition) is 5. The van der Waals surface area contributed by atoms with E-state index in [-0.39, 0.29) is 5.91 Å². The van der Waals surface area contributed by atoms with Gasteiger partial charge in [0.15, 0.2) is 0 Å². The Morgan fingerprint density at radius 2 is 1.96 bits per heavy atom. The van der Waals surface area contributed by atoms with E-state index in [2.05, 4.69) is 31.7 Å². The van der Waals surface area contributed by atoms with Gasteiger partial charge in [-0.3, -0.25) is 9.78 Å². The zero-order chi connectivity index (χ0) is 18.2. The van der Waals surface area contributed by atoms with Crippen molar-refractivity contribution in [3.63, 3.8) is 0 Å². The molecule has 4 aromatic rings. The summed E-state index contributed by atoms with van der Waals surface area (Å²) >= 11 is 0. The summed E-state index contributed by atoms with van der Waals surface area (Å²) in [6.07, 6.45) is 5.55. The van der Waals surface area contributed by atoms with Crippen LogP contribution in [0.15, 0.2) is 67.3 Å². The molecule has 0 radical (unpaired) electrons. The number of aromatic nitrogens is 3. The van der Waals surface area contributed by atoms with Crippen LogP contribution >= 0.6 is 0 Å². The predicted octanol–water partition coefficient (Wildman–Crippen LogP) is 3.93. The van der Waals surface area contributed by atoms with Crippen molar-refractivity contribution in [1.82, 2.24) is 15.0 Å². The highest BCUT2D eigenvalue weighted by molar-refractivity contribution is 6.00. The first-order valence-electron chi connectivity index (χ1n) is 8.61. The molecule has 2 aromatic heterocycles. The molecule has 1 aliphatic heterocycles. The molecule has 0 bridgehead atoms. The molecule has 1 amide bonds. The Bertz CT molecular complexity index is 1170. The second kappa shape index (κ2) is 6.17. The first-order valence-corrected chi connectivity index (χ1v) is 8.61. The Morgan fingerprint density at radius 1 is 1.00 bits per heavy atom. The third-order valence-corrected chi connectivity index (χ3v) is 4.62. The number of benzene rings is 2. The summed E-state index contributed by atoms with van der Waals surface area (Å²) in [7, 11) is 0. The number of pyridine rings is 1. The van der Waals surface area contributed by atoms with E-state index < -0.39 is 0 Å². The smallest absolute Gasteiger partial charge is 0.228 e. The van der Waals surface area contributed by atoms with Gasteiger partial charge in [0.1, 0.15) is 12.1 Å². The average molecular weight is 353 g/mol. The van der Waals surface area contributed by atoms with Crippen LogP contribution < -0.4 is 10.6 Å². The van der Waals surface area contributed by atoms with Crippen LogP contribution in [0.1, 0.15) is 5.56 Å². The molecule has 0 saturated carbocycles. The van der Waals surface area contributed by atoms with E-state index in [1.165, 1.54) is 0 Å². The van der Waals surface area contributed by atoms with Crippen LogP contribution in [0, 0.1) is 0 Å². The lowest BCUT2D eigenvalue weighted by Gasteiger charge is -2.11. The van der Waals surface area contributed by atoms with Gasteiger partial charge in [-0.2, -0.15) is 0 Å². The van der Waals surface area contributed by atoms with Gasteiger partial charge in [0.25, 0.3) is 0 Å². The SMILES string of the molecule is O=C1Cc2cc(Nc3ncnc4ccc(-c5cccnc5)cc34)ccc2N1. The number of amides is 1. The summed E-state index contributed by atoms with van der Waals surface area (Å²) in [5.74, 6) is 0.749. The molecule has 3 heterocycles. The van der Waals surface area contributed by atoms with Crippen LogP contribution in [-0.2, 0) is 11.2 Å². The maximum absolute atomic E-state index is 11.6. The highest BCUT2D eigenvalue weighted by atomic mass is 16.1. The van der Waals surface area contributed by atoms with Gasteiger partial charge in [0, 0.05) is 34.7 Å². The highest BCUT2D eigenvalue weighted by Gasteiger charge is 2.17. The molecule has 0 unspecified atom stereocenters. The fourth-order valence-corrected chi connectivity index (χ4v) is 3.31. The van der Waals surface area contributed by atoms with E-state index in [9.17, 15) is 4.79 Å². The van der Waals surface area contributed by atoms with Crippen LogP contribution in [0.3, 0.4) is 0 Å². The van der Waals surface area contributed by atoms with Crippen molar-refractivity contribution in [2.75, 3.05) is 10.6 Å². The van der Waals surface area contributed by atoms with Crippen LogP contribution in [-0.4, -0.2) is 20.9 Å². The van der Waals surface area contributed by atoms with Crippen molar-refractivity contribution in [1.29, 1.82) is 0 Å². The molecular weight excluding hydrogens is 338 g/mol. The average Bonchev–Trinajstić information content (AvgIpc) is 3.08. The summed E-state index contributed by atoms with van der Waals surface area (Å²) in [6.45, 7) is 0. The van der Waals surface area contributed by atoms with Crippen molar-refractivity contribution in [2.45, 2.75) is 6.42 Å². The topological polar surface area (TPSA) is 79.8 Å². The summed E-state index contributed by atoms with van der Waals surface area (Å²) in [4.78, 5) is 24.5. The van der Waals surface area contributed by atoms with Gasteiger partial charge >= 0.3 is 0 Å². The Kier molecular flexibility index (Phi) is 3.53. The minimum Gasteiger partial charge on any atom is -0.340 e. The highest BCUT2D eigenvalue weighted by Crippen LogP contribution is 2.30. The molecule has 0 fully saturated rings. The number of nitrogens with one attached hydrogen (secondary N) is 2. The molecule has 6 nitrogen and oxygen atoms in total. The molecule has 0 atom stereocenters. The second-order valence-corrected chi connectivity index (χ2v) is 6.42. The summed E-state index contributed by atoms with van der Waals surface area (Å²) in [6, 6.07) is 15.8. The van der Waals surface area contributed by atoms with Gasteiger partial charge in [-0.05, 0) is 47.5 Å². The summed E-state index contributed by atoms with van der Waals surface area (Å²) < 4.78 is 0. The molecule has 0 spiro atoms. The summed E-state index contributed by atoms with van der Waals surface area (Å²) in [5, 5.41) is 7.13. The largest absolute Gasteiger partial charge is 0.340 e. The number of carbonyl (C=O) groups is 1. The number of carbonyl (C=O) groups excluding carboxylic acids is 1. The molecule has 27 heavy (non-hydrogen) atoms. The Labute approximate surface area is 155 Å². The Hall–Kier alpha value is -3.80. The van der Waals surface area contributed by atoms with Gasteiger partial charge in [-0.1, -0.05) is 12.1 Å². The normalized spacial score (nSPS) is 12.7. The molecule has 6 heteroatoms. The van der Waals surface area contributed by atoms with Crippen LogP contribution in [0.5, 0.6) is 0 Å². The number of rotatable bonds is 3. The van der Waals surface area contributed by atoms with E-state index >= 15 is 0 Å². The van der Waals surface area contributed by atoms with Gasteiger partial charge < -0.3 is 10.6 Å². The lowest BCUT2D eigenvalue weighted by molar-refractivity contribution is -0.115. The van der Waals surface area contributed by atoms with E-state index in [0.29, 0.717) is 6.42 Å². The van der Waals surface area contributed by atoms with E-state index in [1.54, 1.807) is 12.5 Å². The van der Waals surface area contributed by atoms with E-state index in [0.717, 1.165) is 44.8 Å². The maximum atomic E-state index is 11.6. The number of hydrogen-bond donors (Lipinski definition) is 2. The quantitative estimate of drug-likeness (QED) is 0.583. The van der Waals surface area contributed by atoms with Gasteiger partial charge in [-0.15, -0.1) is 0 Å². The number of anilines is 3. The zero-order valence-corrected chi connectivity index (χ0v) is 14.3. The van der Waals surface area contributed by atoms with Gasteiger partial charge in [0.2, 0.25) is 5.91 Å². The van der Waals surface area contributed by atoms with Gasteiger partial charge in [-0.25, -0.2) is 9.97 Å². The molecule has 2 aromatic carbocycles. The number of nitrogens with zero attached hydrogens (tertiary/aromatic N) is 3. The Balaban J connectivity index is 1.55. The molecule has 0 aliphatic carbocycles. The zero-order valence-electron chi connectivity index (χ0n) is 14.3. The van der Waals surface area contributed by atoms with Crippen LogP contribution in [0.2, 0.25) is 0 Å². The maximum Gasteiger partial charge on any atom is 0.228 e. The lowest BCUT2D eigenvalue weighted by Crippen LogP contribution is -2.03. The standard InChI is InChI=1S/C21H15N5O/c27-20-10-15-8-16(4-6-18(15)26-20)25-21-17-9-13(14-2-1-7-22-11-14)3-5-19(17)23-12-24-21/h1-9,11-12H,10H2,(H,26,27)(H,23,24,25). The van der Waals surface area contributed by atoms with Crippen LogP contribution in [0.25, 0.3) is 22.0 Å². The third-order valence-electron chi connectivity index (χ3n) is 4.62. The summed E-state index contributed by atoms with van der Waals surface area (Å²) in [5.41, 5.74) is 5.69. The molecule has 0 saturated heterocycles. The molecule has 1 aliphatic rings. The van der Waals surface area contributed by atoms with Gasteiger partial charge in [0.05, 0.1) is 11.9 Å². The fourth-order valence-electron chi connectivity index (χ4n) is 3.31. The molecule has 5 rings (SSSR count). The predicted molar refractivity (Wildman–Crippen MR) is 105 cm³/mol. The van der Waals surface area contributed by atoms with Crippen LogP contribution in [0.4, 0.5) is 17.2 Å². The third kappa shape index (κ3) is 2.87. The van der Waals surface area contributed by atoms with Crippen molar-refractivity contribution in [3.8, 4) is 11.1 Å². The lowest BCUT2D eigenvalue weighted by atomic mass is 10.1. The molecular formula is C21H15N5O.